The molecule has 2 heteroatoms. The van der Waals surface area contributed by atoms with Crippen LogP contribution in [0, 0.1) is 11.8 Å². The van der Waals surface area contributed by atoms with Crippen LogP contribution in [0.4, 0.5) is 0 Å². The van der Waals surface area contributed by atoms with Crippen molar-refractivity contribution >= 4 is 48.9 Å². The molecule has 4 aromatic carbocycles. The van der Waals surface area contributed by atoms with Crippen molar-refractivity contribution in [3.05, 3.63) is 95.3 Å². The van der Waals surface area contributed by atoms with Crippen molar-refractivity contribution in [3.8, 4) is 11.1 Å². The summed E-state index contributed by atoms with van der Waals surface area (Å²) < 4.78 is 2.68. The van der Waals surface area contributed by atoms with Crippen molar-refractivity contribution < 1.29 is 0 Å². The van der Waals surface area contributed by atoms with Gasteiger partial charge in [-0.05, 0) is 149 Å². The molecule has 0 aliphatic heterocycles. The van der Waals surface area contributed by atoms with E-state index in [-0.39, 0.29) is 0 Å². The molecular weight excluding hydrogens is 556 g/mol. The van der Waals surface area contributed by atoms with Gasteiger partial charge >= 0.3 is 0 Å². The van der Waals surface area contributed by atoms with Gasteiger partial charge in [0.25, 0.3) is 0 Å². The van der Waals surface area contributed by atoms with Crippen molar-refractivity contribution in [2.75, 3.05) is 0 Å². The molecule has 226 valence electrons. The SMILES string of the molecule is CC12CCC(C)(CC1)c1cc3c(cc12)c1cc2cc(-c4ccccc4)ccc2c2c4c5c(ncc4n3c12)C1CC2CC(C1)CC5C2. The first-order chi connectivity index (χ1) is 22.5. The van der Waals surface area contributed by atoms with Crippen LogP contribution in [0.25, 0.3) is 60.0 Å². The van der Waals surface area contributed by atoms with Crippen molar-refractivity contribution in [3.63, 3.8) is 0 Å². The van der Waals surface area contributed by atoms with Crippen LogP contribution in [0.3, 0.4) is 0 Å². The molecule has 0 spiro atoms. The summed E-state index contributed by atoms with van der Waals surface area (Å²) in [6, 6.07) is 26.1. The van der Waals surface area contributed by atoms with Crippen molar-refractivity contribution in [1.29, 1.82) is 0 Å². The quantitative estimate of drug-likeness (QED) is 0.184. The molecule has 7 aromatic rings. The highest BCUT2D eigenvalue weighted by Crippen LogP contribution is 2.60. The minimum atomic E-state index is 0.293. The average molecular weight is 597 g/mol. The Morgan fingerprint density at radius 1 is 0.630 bits per heavy atom. The molecular formula is C44H40N2. The second-order valence-corrected chi connectivity index (χ2v) is 16.9. The number of fused-ring (bicyclic) bond motifs is 10. The number of pyridine rings is 1. The molecule has 3 saturated carbocycles. The van der Waals surface area contributed by atoms with Gasteiger partial charge in [0.15, 0.2) is 0 Å². The molecule has 7 aliphatic carbocycles. The van der Waals surface area contributed by atoms with Crippen LogP contribution in [-0.2, 0) is 10.8 Å². The van der Waals surface area contributed by atoms with Gasteiger partial charge in [0.1, 0.15) is 0 Å². The van der Waals surface area contributed by atoms with E-state index in [1.807, 2.05) is 0 Å². The summed E-state index contributed by atoms with van der Waals surface area (Å²) in [5.74, 6) is 3.07. The van der Waals surface area contributed by atoms with E-state index in [1.54, 1.807) is 22.1 Å². The normalized spacial score (nSPS) is 31.1. The van der Waals surface area contributed by atoms with E-state index in [0.29, 0.717) is 22.7 Å². The van der Waals surface area contributed by atoms with Gasteiger partial charge in [-0.3, -0.25) is 4.98 Å². The molecule has 2 nitrogen and oxygen atoms in total. The molecule has 3 aromatic heterocycles. The lowest BCUT2D eigenvalue weighted by Crippen LogP contribution is -2.44. The second kappa shape index (κ2) is 8.14. The van der Waals surface area contributed by atoms with Gasteiger partial charge in [-0.25, -0.2) is 0 Å². The van der Waals surface area contributed by atoms with Crippen LogP contribution in [-0.4, -0.2) is 9.38 Å². The second-order valence-electron chi connectivity index (χ2n) is 16.9. The van der Waals surface area contributed by atoms with Crippen LogP contribution in [0.1, 0.15) is 106 Å². The molecule has 0 N–H and O–H groups in total. The van der Waals surface area contributed by atoms with E-state index in [1.165, 1.54) is 118 Å². The summed E-state index contributed by atoms with van der Waals surface area (Å²) in [5, 5.41) is 8.71. The van der Waals surface area contributed by atoms with Gasteiger partial charge in [0.05, 0.1) is 22.7 Å². The summed E-state index contributed by atoms with van der Waals surface area (Å²) in [4.78, 5) is 5.47. The van der Waals surface area contributed by atoms with Gasteiger partial charge in [0, 0.05) is 33.2 Å². The maximum atomic E-state index is 5.47. The molecule has 2 atom stereocenters. The Morgan fingerprint density at radius 3 is 2.11 bits per heavy atom. The Morgan fingerprint density at radius 2 is 1.35 bits per heavy atom. The predicted molar refractivity (Wildman–Crippen MR) is 191 cm³/mol. The Kier molecular flexibility index (Phi) is 4.46. The third-order valence-corrected chi connectivity index (χ3v) is 14.4. The zero-order valence-electron chi connectivity index (χ0n) is 27.0. The van der Waals surface area contributed by atoms with Crippen LogP contribution in [0.15, 0.2) is 72.9 Å². The largest absolute Gasteiger partial charge is 0.306 e. The van der Waals surface area contributed by atoms with Gasteiger partial charge in [0.2, 0.25) is 0 Å². The van der Waals surface area contributed by atoms with Crippen LogP contribution in [0.2, 0.25) is 0 Å². The lowest BCUT2D eigenvalue weighted by Gasteiger charge is -2.52. The van der Waals surface area contributed by atoms with E-state index in [4.69, 9.17) is 4.98 Å². The maximum absolute atomic E-state index is 5.47. The van der Waals surface area contributed by atoms with Crippen LogP contribution < -0.4 is 0 Å². The topological polar surface area (TPSA) is 17.3 Å². The summed E-state index contributed by atoms with van der Waals surface area (Å²) in [5.41, 5.74) is 13.8. The first kappa shape index (κ1) is 25.2. The van der Waals surface area contributed by atoms with Gasteiger partial charge in [-0.2, -0.15) is 0 Å². The Labute approximate surface area is 270 Å². The van der Waals surface area contributed by atoms with Crippen LogP contribution >= 0.6 is 0 Å². The Balaban J connectivity index is 1.27. The highest BCUT2D eigenvalue weighted by molar-refractivity contribution is 6.32. The summed E-state index contributed by atoms with van der Waals surface area (Å²) in [6.45, 7) is 5.10. The maximum Gasteiger partial charge on any atom is 0.0728 e. The average Bonchev–Trinajstić information content (AvgIpc) is 3.52. The van der Waals surface area contributed by atoms with Gasteiger partial charge in [-0.15, -0.1) is 0 Å². The fourth-order valence-electron chi connectivity index (χ4n) is 12.2. The zero-order valence-corrected chi connectivity index (χ0v) is 27.0. The molecule has 0 saturated heterocycles. The van der Waals surface area contributed by atoms with E-state index < -0.39 is 0 Å². The molecule has 0 radical (unpaired) electrons. The van der Waals surface area contributed by atoms with E-state index in [2.05, 4.69) is 91.2 Å². The van der Waals surface area contributed by atoms with Crippen molar-refractivity contribution in [1.82, 2.24) is 9.38 Å². The van der Waals surface area contributed by atoms with Gasteiger partial charge in [-0.1, -0.05) is 56.3 Å². The third kappa shape index (κ3) is 2.95. The lowest BCUT2D eigenvalue weighted by molar-refractivity contribution is 0.165. The van der Waals surface area contributed by atoms with Gasteiger partial charge < -0.3 is 4.40 Å². The standard InChI is InChI=1S/C44H40N2/c1-43-10-12-44(2,13-11-43)35-22-36-32(21-34(35)43)33-20-28-19-27(26-6-4-3-5-7-26)8-9-31(28)39-40-37(46(36)42(33)39)23-45-41-30-17-24-14-25(18-30)16-29(15-24)38(40)41/h3-9,19-25,29-30H,10-18H2,1-2H3. The molecule has 2 unspecified atom stereocenters. The Hall–Kier alpha value is -3.91. The molecule has 7 aliphatic rings. The number of hydrogen-bond acceptors (Lipinski definition) is 1. The van der Waals surface area contributed by atoms with Crippen LogP contribution in [0.5, 0.6) is 0 Å². The van der Waals surface area contributed by atoms with E-state index in [9.17, 15) is 0 Å². The zero-order chi connectivity index (χ0) is 30.1. The number of rotatable bonds is 1. The monoisotopic (exact) mass is 596 g/mol. The summed E-state index contributed by atoms with van der Waals surface area (Å²) in [6.07, 6.45) is 14.5. The first-order valence-corrected chi connectivity index (χ1v) is 18.1. The molecule has 0 amide bonds. The number of hydrogen-bond donors (Lipinski definition) is 0. The fourth-order valence-corrected chi connectivity index (χ4v) is 12.2. The summed E-state index contributed by atoms with van der Waals surface area (Å²) >= 11 is 0. The number of benzene rings is 4. The number of aromatic nitrogens is 2. The molecule has 46 heavy (non-hydrogen) atoms. The molecule has 3 heterocycles. The molecule has 3 fully saturated rings. The highest BCUT2D eigenvalue weighted by Gasteiger charge is 2.48. The predicted octanol–water partition coefficient (Wildman–Crippen LogP) is 11.5. The lowest BCUT2D eigenvalue weighted by atomic mass is 9.52. The highest BCUT2D eigenvalue weighted by atomic mass is 14.9. The fraction of sp³-hybridized carbons (Fsp3) is 0.386. The summed E-state index contributed by atoms with van der Waals surface area (Å²) in [7, 11) is 0. The van der Waals surface area contributed by atoms with E-state index >= 15 is 0 Å². The molecule has 14 rings (SSSR count). The number of nitrogens with zero attached hydrogens (tertiary/aromatic N) is 2. The van der Waals surface area contributed by atoms with E-state index in [0.717, 1.165) is 11.8 Å². The smallest absolute Gasteiger partial charge is 0.0728 e. The van der Waals surface area contributed by atoms with Crippen molar-refractivity contribution in [2.45, 2.75) is 94.3 Å². The minimum Gasteiger partial charge on any atom is -0.306 e. The van der Waals surface area contributed by atoms with Crippen molar-refractivity contribution in [2.24, 2.45) is 11.8 Å². The minimum absolute atomic E-state index is 0.293. The Bertz CT molecular complexity index is 2440. The molecule has 6 bridgehead atoms. The first-order valence-electron chi connectivity index (χ1n) is 18.1. The third-order valence-electron chi connectivity index (χ3n) is 14.4.